The molecule has 4 rings (SSSR count). The van der Waals surface area contributed by atoms with Crippen molar-refractivity contribution in [2.24, 2.45) is 0 Å². The molecule has 1 N–H and O–H groups in total. The van der Waals surface area contributed by atoms with Gasteiger partial charge in [0, 0.05) is 24.5 Å². The molecule has 0 saturated carbocycles. The Kier molecular flexibility index (Phi) is 3.07. The molecule has 22 heavy (non-hydrogen) atoms. The first kappa shape index (κ1) is 12.9. The van der Waals surface area contributed by atoms with Crippen molar-refractivity contribution in [3.8, 4) is 22.8 Å². The van der Waals surface area contributed by atoms with E-state index in [2.05, 4.69) is 22.2 Å². The minimum absolute atomic E-state index is 0.279. The SMILES string of the molecule is CCCNc1nccn2c(-c3ccc4c(c3)OCO4)cnc12. The Balaban J connectivity index is 1.79. The summed E-state index contributed by atoms with van der Waals surface area (Å²) in [4.78, 5) is 8.88. The van der Waals surface area contributed by atoms with Crippen molar-refractivity contribution < 1.29 is 9.47 Å². The highest BCUT2D eigenvalue weighted by Gasteiger charge is 2.16. The number of benzene rings is 1. The first-order valence-electron chi connectivity index (χ1n) is 7.33. The van der Waals surface area contributed by atoms with Gasteiger partial charge in [-0.3, -0.25) is 4.40 Å². The van der Waals surface area contributed by atoms with Crippen LogP contribution in [-0.2, 0) is 0 Å². The summed E-state index contributed by atoms with van der Waals surface area (Å²) in [6.45, 7) is 3.27. The molecule has 1 aliphatic heterocycles. The molecule has 1 aliphatic rings. The molecule has 0 radical (unpaired) electrons. The van der Waals surface area contributed by atoms with Crippen LogP contribution in [-0.4, -0.2) is 27.7 Å². The van der Waals surface area contributed by atoms with Gasteiger partial charge in [-0.1, -0.05) is 6.92 Å². The van der Waals surface area contributed by atoms with E-state index in [1.165, 1.54) is 0 Å². The Bertz CT molecular complexity index is 828. The fraction of sp³-hybridized carbons (Fsp3) is 0.250. The van der Waals surface area contributed by atoms with Crippen LogP contribution in [0.2, 0.25) is 0 Å². The number of nitrogens with one attached hydrogen (secondary N) is 1. The summed E-state index contributed by atoms with van der Waals surface area (Å²) >= 11 is 0. The number of aromatic nitrogens is 3. The molecule has 3 heterocycles. The molecule has 0 fully saturated rings. The number of ether oxygens (including phenoxy) is 2. The molecule has 0 atom stereocenters. The van der Waals surface area contributed by atoms with Gasteiger partial charge in [0.15, 0.2) is 23.0 Å². The largest absolute Gasteiger partial charge is 0.454 e. The number of nitrogens with zero attached hydrogens (tertiary/aromatic N) is 3. The van der Waals surface area contributed by atoms with Gasteiger partial charge in [-0.15, -0.1) is 0 Å². The van der Waals surface area contributed by atoms with Crippen molar-refractivity contribution in [1.29, 1.82) is 0 Å². The summed E-state index contributed by atoms with van der Waals surface area (Å²) in [5, 5.41) is 3.30. The van der Waals surface area contributed by atoms with E-state index in [4.69, 9.17) is 9.47 Å². The zero-order valence-corrected chi connectivity index (χ0v) is 12.2. The van der Waals surface area contributed by atoms with E-state index in [1.54, 1.807) is 6.20 Å². The van der Waals surface area contributed by atoms with Crippen LogP contribution in [0, 0.1) is 0 Å². The van der Waals surface area contributed by atoms with Crippen LogP contribution in [0.5, 0.6) is 11.5 Å². The van der Waals surface area contributed by atoms with Crippen molar-refractivity contribution in [1.82, 2.24) is 14.4 Å². The predicted octanol–water partition coefficient (Wildman–Crippen LogP) is 2.95. The molecule has 0 spiro atoms. The second-order valence-electron chi connectivity index (χ2n) is 5.11. The monoisotopic (exact) mass is 296 g/mol. The second-order valence-corrected chi connectivity index (χ2v) is 5.11. The van der Waals surface area contributed by atoms with Crippen molar-refractivity contribution >= 4 is 11.5 Å². The van der Waals surface area contributed by atoms with Gasteiger partial charge in [0.25, 0.3) is 0 Å². The van der Waals surface area contributed by atoms with E-state index in [9.17, 15) is 0 Å². The third-order valence-corrected chi connectivity index (χ3v) is 3.64. The Labute approximate surface area is 127 Å². The molecular weight excluding hydrogens is 280 g/mol. The standard InChI is InChI=1S/C16H16N4O2/c1-2-5-17-15-16-19-9-12(20(16)7-6-18-15)11-3-4-13-14(8-11)22-10-21-13/h3-4,6-9H,2,5,10H2,1H3,(H,17,18). The lowest BCUT2D eigenvalue weighted by Gasteiger charge is -2.07. The van der Waals surface area contributed by atoms with E-state index in [0.717, 1.165) is 47.2 Å². The Hall–Kier alpha value is -2.76. The van der Waals surface area contributed by atoms with E-state index in [1.807, 2.05) is 35.0 Å². The van der Waals surface area contributed by atoms with Crippen LogP contribution in [0.25, 0.3) is 16.9 Å². The van der Waals surface area contributed by atoms with Gasteiger partial charge in [0.2, 0.25) is 6.79 Å². The molecule has 0 unspecified atom stereocenters. The quantitative estimate of drug-likeness (QED) is 0.802. The lowest BCUT2D eigenvalue weighted by Crippen LogP contribution is -2.04. The van der Waals surface area contributed by atoms with E-state index >= 15 is 0 Å². The van der Waals surface area contributed by atoms with Crippen LogP contribution in [0.1, 0.15) is 13.3 Å². The summed E-state index contributed by atoms with van der Waals surface area (Å²) in [6.07, 6.45) is 6.59. The number of imidazole rings is 1. The second kappa shape index (κ2) is 5.22. The molecule has 1 aromatic carbocycles. The highest BCUT2D eigenvalue weighted by molar-refractivity contribution is 5.72. The van der Waals surface area contributed by atoms with Crippen molar-refractivity contribution in [3.05, 3.63) is 36.8 Å². The molecule has 0 saturated heterocycles. The fourth-order valence-electron chi connectivity index (χ4n) is 2.56. The van der Waals surface area contributed by atoms with Crippen LogP contribution in [0.4, 0.5) is 5.82 Å². The summed E-state index contributed by atoms with van der Waals surface area (Å²) in [5.74, 6) is 2.35. The van der Waals surface area contributed by atoms with Crippen molar-refractivity contribution in [2.75, 3.05) is 18.7 Å². The lowest BCUT2D eigenvalue weighted by molar-refractivity contribution is 0.174. The topological polar surface area (TPSA) is 60.7 Å². The van der Waals surface area contributed by atoms with E-state index in [0.29, 0.717) is 0 Å². The number of hydrogen-bond donors (Lipinski definition) is 1. The number of anilines is 1. The molecular formula is C16H16N4O2. The van der Waals surface area contributed by atoms with Crippen molar-refractivity contribution in [3.63, 3.8) is 0 Å². The van der Waals surface area contributed by atoms with Crippen molar-refractivity contribution in [2.45, 2.75) is 13.3 Å². The molecule has 6 nitrogen and oxygen atoms in total. The van der Waals surface area contributed by atoms with Gasteiger partial charge in [0.1, 0.15) is 0 Å². The van der Waals surface area contributed by atoms with Gasteiger partial charge in [-0.2, -0.15) is 0 Å². The fourth-order valence-corrected chi connectivity index (χ4v) is 2.56. The van der Waals surface area contributed by atoms with Crippen LogP contribution >= 0.6 is 0 Å². The predicted molar refractivity (Wildman–Crippen MR) is 83.3 cm³/mol. The first-order valence-corrected chi connectivity index (χ1v) is 7.33. The average Bonchev–Trinajstić information content (AvgIpc) is 3.18. The highest BCUT2D eigenvalue weighted by Crippen LogP contribution is 2.36. The minimum atomic E-state index is 0.279. The smallest absolute Gasteiger partial charge is 0.231 e. The molecule has 3 aromatic rings. The van der Waals surface area contributed by atoms with Gasteiger partial charge in [-0.25, -0.2) is 9.97 Å². The first-order chi connectivity index (χ1) is 10.9. The van der Waals surface area contributed by atoms with E-state index < -0.39 is 0 Å². The summed E-state index contributed by atoms with van der Waals surface area (Å²) in [6, 6.07) is 5.91. The van der Waals surface area contributed by atoms with Crippen LogP contribution < -0.4 is 14.8 Å². The summed E-state index contributed by atoms with van der Waals surface area (Å²) < 4.78 is 12.8. The number of hydrogen-bond acceptors (Lipinski definition) is 5. The highest BCUT2D eigenvalue weighted by atomic mass is 16.7. The minimum Gasteiger partial charge on any atom is -0.454 e. The third kappa shape index (κ3) is 2.04. The maximum Gasteiger partial charge on any atom is 0.231 e. The number of fused-ring (bicyclic) bond motifs is 2. The Morgan fingerprint density at radius 2 is 2.14 bits per heavy atom. The Morgan fingerprint density at radius 3 is 3.05 bits per heavy atom. The maximum atomic E-state index is 5.45. The van der Waals surface area contributed by atoms with Gasteiger partial charge >= 0.3 is 0 Å². The number of rotatable bonds is 4. The van der Waals surface area contributed by atoms with Gasteiger partial charge < -0.3 is 14.8 Å². The van der Waals surface area contributed by atoms with E-state index in [-0.39, 0.29) is 6.79 Å². The third-order valence-electron chi connectivity index (χ3n) is 3.64. The summed E-state index contributed by atoms with van der Waals surface area (Å²) in [7, 11) is 0. The molecule has 0 bridgehead atoms. The molecule has 6 heteroatoms. The van der Waals surface area contributed by atoms with Gasteiger partial charge in [0.05, 0.1) is 11.9 Å². The summed E-state index contributed by atoms with van der Waals surface area (Å²) in [5.41, 5.74) is 2.85. The van der Waals surface area contributed by atoms with Crippen LogP contribution in [0.15, 0.2) is 36.8 Å². The van der Waals surface area contributed by atoms with Crippen LogP contribution in [0.3, 0.4) is 0 Å². The Morgan fingerprint density at radius 1 is 1.23 bits per heavy atom. The van der Waals surface area contributed by atoms with Gasteiger partial charge in [-0.05, 0) is 24.6 Å². The molecule has 112 valence electrons. The molecule has 2 aromatic heterocycles. The maximum absolute atomic E-state index is 5.45. The lowest BCUT2D eigenvalue weighted by atomic mass is 10.1. The molecule has 0 amide bonds. The zero-order chi connectivity index (χ0) is 14.9. The average molecular weight is 296 g/mol. The normalized spacial score (nSPS) is 12.8. The molecule has 0 aliphatic carbocycles. The zero-order valence-electron chi connectivity index (χ0n) is 12.2.